The summed E-state index contributed by atoms with van der Waals surface area (Å²) in [6, 6.07) is 6.14. The van der Waals surface area contributed by atoms with E-state index in [1.807, 2.05) is 18.3 Å². The summed E-state index contributed by atoms with van der Waals surface area (Å²) < 4.78 is 5.40. The van der Waals surface area contributed by atoms with Crippen LogP contribution in [0, 0.1) is 6.92 Å². The SMILES string of the molecule is CCCNCc1ncc(-c2cc(C)ccc2OC)[nH]1. The second kappa shape index (κ2) is 6.38. The lowest BCUT2D eigenvalue weighted by Crippen LogP contribution is -2.14. The second-order valence-electron chi connectivity index (χ2n) is 4.62. The Balaban J connectivity index is 2.20. The van der Waals surface area contributed by atoms with Crippen LogP contribution in [0.5, 0.6) is 5.75 Å². The fraction of sp³-hybridized carbons (Fsp3) is 0.400. The number of aromatic nitrogens is 2. The van der Waals surface area contributed by atoms with Crippen LogP contribution in [0.2, 0.25) is 0 Å². The first-order valence-electron chi connectivity index (χ1n) is 6.64. The average Bonchev–Trinajstić information content (AvgIpc) is 2.88. The van der Waals surface area contributed by atoms with Crippen molar-refractivity contribution in [2.75, 3.05) is 13.7 Å². The first-order valence-corrected chi connectivity index (χ1v) is 6.64. The first kappa shape index (κ1) is 13.6. The Labute approximate surface area is 114 Å². The summed E-state index contributed by atoms with van der Waals surface area (Å²) in [4.78, 5) is 7.73. The summed E-state index contributed by atoms with van der Waals surface area (Å²) in [6.45, 7) is 5.99. The zero-order valence-corrected chi connectivity index (χ0v) is 11.8. The molecule has 2 rings (SSSR count). The minimum Gasteiger partial charge on any atom is -0.496 e. The molecule has 2 aromatic rings. The molecule has 0 spiro atoms. The van der Waals surface area contributed by atoms with Crippen molar-refractivity contribution in [3.63, 3.8) is 0 Å². The smallest absolute Gasteiger partial charge is 0.128 e. The number of methoxy groups -OCH3 is 1. The van der Waals surface area contributed by atoms with E-state index < -0.39 is 0 Å². The maximum absolute atomic E-state index is 5.40. The highest BCUT2D eigenvalue weighted by atomic mass is 16.5. The molecule has 1 heterocycles. The second-order valence-corrected chi connectivity index (χ2v) is 4.62. The normalized spacial score (nSPS) is 10.7. The quantitative estimate of drug-likeness (QED) is 0.784. The van der Waals surface area contributed by atoms with Crippen molar-refractivity contribution in [3.05, 3.63) is 35.8 Å². The van der Waals surface area contributed by atoms with Gasteiger partial charge in [0.15, 0.2) is 0 Å². The lowest BCUT2D eigenvalue weighted by atomic mass is 10.1. The van der Waals surface area contributed by atoms with Gasteiger partial charge in [0.1, 0.15) is 11.6 Å². The van der Waals surface area contributed by atoms with Crippen LogP contribution in [0.4, 0.5) is 0 Å². The van der Waals surface area contributed by atoms with Gasteiger partial charge >= 0.3 is 0 Å². The lowest BCUT2D eigenvalue weighted by Gasteiger charge is -2.07. The largest absolute Gasteiger partial charge is 0.496 e. The van der Waals surface area contributed by atoms with Gasteiger partial charge in [0.2, 0.25) is 0 Å². The number of hydrogen-bond acceptors (Lipinski definition) is 3. The van der Waals surface area contributed by atoms with E-state index in [-0.39, 0.29) is 0 Å². The summed E-state index contributed by atoms with van der Waals surface area (Å²) in [6.07, 6.45) is 2.99. The number of aromatic amines is 1. The Morgan fingerprint density at radius 2 is 2.21 bits per heavy atom. The van der Waals surface area contributed by atoms with Crippen molar-refractivity contribution >= 4 is 0 Å². The molecule has 0 unspecified atom stereocenters. The summed E-state index contributed by atoms with van der Waals surface area (Å²) in [5.74, 6) is 1.81. The highest BCUT2D eigenvalue weighted by molar-refractivity contribution is 5.67. The Bertz CT molecular complexity index is 534. The molecule has 0 radical (unpaired) electrons. The van der Waals surface area contributed by atoms with Gasteiger partial charge in [-0.25, -0.2) is 4.98 Å². The van der Waals surface area contributed by atoms with Crippen molar-refractivity contribution in [1.82, 2.24) is 15.3 Å². The number of nitrogens with zero attached hydrogens (tertiary/aromatic N) is 1. The molecule has 0 aliphatic carbocycles. The molecule has 0 aliphatic rings. The Morgan fingerprint density at radius 1 is 1.37 bits per heavy atom. The van der Waals surface area contributed by atoms with E-state index in [0.29, 0.717) is 0 Å². The molecule has 102 valence electrons. The number of rotatable bonds is 6. The van der Waals surface area contributed by atoms with Gasteiger partial charge in [-0.1, -0.05) is 18.6 Å². The van der Waals surface area contributed by atoms with Gasteiger partial charge in [-0.2, -0.15) is 0 Å². The molecular formula is C15H21N3O. The number of ether oxygens (including phenoxy) is 1. The summed E-state index contributed by atoms with van der Waals surface area (Å²) in [5, 5.41) is 3.33. The molecule has 0 aliphatic heterocycles. The predicted octanol–water partition coefficient (Wildman–Crippen LogP) is 2.89. The molecule has 19 heavy (non-hydrogen) atoms. The summed E-state index contributed by atoms with van der Waals surface area (Å²) >= 11 is 0. The highest BCUT2D eigenvalue weighted by Gasteiger charge is 2.09. The van der Waals surface area contributed by atoms with E-state index in [1.165, 1.54) is 5.56 Å². The standard InChI is InChI=1S/C15H21N3O/c1-4-7-16-10-15-17-9-13(18-15)12-8-11(2)5-6-14(12)19-3/h5-6,8-9,16H,4,7,10H2,1-3H3,(H,17,18). The van der Waals surface area contributed by atoms with Gasteiger partial charge in [-0.05, 0) is 32.0 Å². The van der Waals surface area contributed by atoms with Gasteiger partial charge in [0, 0.05) is 5.56 Å². The maximum atomic E-state index is 5.40. The van der Waals surface area contributed by atoms with E-state index in [4.69, 9.17) is 4.74 Å². The fourth-order valence-corrected chi connectivity index (χ4v) is 2.01. The van der Waals surface area contributed by atoms with Gasteiger partial charge in [-0.15, -0.1) is 0 Å². The number of hydrogen-bond donors (Lipinski definition) is 2. The van der Waals surface area contributed by atoms with Crippen molar-refractivity contribution in [2.45, 2.75) is 26.8 Å². The molecule has 0 fully saturated rings. The molecule has 2 N–H and O–H groups in total. The van der Waals surface area contributed by atoms with E-state index in [1.54, 1.807) is 7.11 Å². The molecular weight excluding hydrogens is 238 g/mol. The van der Waals surface area contributed by atoms with Crippen LogP contribution in [-0.4, -0.2) is 23.6 Å². The number of H-pyrrole nitrogens is 1. The zero-order chi connectivity index (χ0) is 13.7. The lowest BCUT2D eigenvalue weighted by molar-refractivity contribution is 0.416. The third kappa shape index (κ3) is 3.35. The molecule has 0 saturated carbocycles. The van der Waals surface area contributed by atoms with Crippen molar-refractivity contribution in [3.8, 4) is 17.0 Å². The Morgan fingerprint density at radius 3 is 2.95 bits per heavy atom. The van der Waals surface area contributed by atoms with Crippen LogP contribution in [0.1, 0.15) is 24.7 Å². The molecule has 1 aromatic carbocycles. The number of aryl methyl sites for hydroxylation is 1. The summed E-state index contributed by atoms with van der Waals surface area (Å²) in [7, 11) is 1.69. The molecule has 4 nitrogen and oxygen atoms in total. The Hall–Kier alpha value is -1.81. The van der Waals surface area contributed by atoms with Crippen LogP contribution >= 0.6 is 0 Å². The third-order valence-electron chi connectivity index (χ3n) is 2.99. The van der Waals surface area contributed by atoms with Gasteiger partial charge < -0.3 is 15.0 Å². The number of nitrogens with one attached hydrogen (secondary N) is 2. The minimum absolute atomic E-state index is 0.766. The fourth-order valence-electron chi connectivity index (χ4n) is 2.01. The molecule has 0 amide bonds. The van der Waals surface area contributed by atoms with E-state index in [2.05, 4.69) is 35.2 Å². The van der Waals surface area contributed by atoms with Gasteiger partial charge in [-0.3, -0.25) is 0 Å². The average molecular weight is 259 g/mol. The van der Waals surface area contributed by atoms with Crippen molar-refractivity contribution in [1.29, 1.82) is 0 Å². The van der Waals surface area contributed by atoms with Crippen LogP contribution in [-0.2, 0) is 6.54 Å². The predicted molar refractivity (Wildman–Crippen MR) is 77.3 cm³/mol. The van der Waals surface area contributed by atoms with E-state index >= 15 is 0 Å². The summed E-state index contributed by atoms with van der Waals surface area (Å²) in [5.41, 5.74) is 3.25. The Kier molecular flexibility index (Phi) is 4.58. The van der Waals surface area contributed by atoms with Crippen molar-refractivity contribution in [2.24, 2.45) is 0 Å². The third-order valence-corrected chi connectivity index (χ3v) is 2.99. The topological polar surface area (TPSA) is 49.9 Å². The van der Waals surface area contributed by atoms with Crippen molar-refractivity contribution < 1.29 is 4.74 Å². The minimum atomic E-state index is 0.766. The van der Waals surface area contributed by atoms with Crippen LogP contribution < -0.4 is 10.1 Å². The number of imidazole rings is 1. The molecule has 0 atom stereocenters. The highest BCUT2D eigenvalue weighted by Crippen LogP contribution is 2.29. The van der Waals surface area contributed by atoms with Crippen LogP contribution in [0.15, 0.2) is 24.4 Å². The molecule has 1 aromatic heterocycles. The molecule has 4 heteroatoms. The zero-order valence-electron chi connectivity index (χ0n) is 11.8. The first-order chi connectivity index (χ1) is 9.24. The van der Waals surface area contributed by atoms with E-state index in [0.717, 1.165) is 42.3 Å². The van der Waals surface area contributed by atoms with Crippen LogP contribution in [0.3, 0.4) is 0 Å². The monoisotopic (exact) mass is 259 g/mol. The maximum Gasteiger partial charge on any atom is 0.128 e. The molecule has 0 saturated heterocycles. The van der Waals surface area contributed by atoms with Crippen LogP contribution in [0.25, 0.3) is 11.3 Å². The molecule has 0 bridgehead atoms. The van der Waals surface area contributed by atoms with Gasteiger partial charge in [0.05, 0.1) is 25.5 Å². The number of benzene rings is 1. The van der Waals surface area contributed by atoms with E-state index in [9.17, 15) is 0 Å². The van der Waals surface area contributed by atoms with Gasteiger partial charge in [0.25, 0.3) is 0 Å².